The average Bonchev–Trinajstić information content (AvgIpc) is 3.58. The maximum Gasteiger partial charge on any atom is 0.231 e. The minimum atomic E-state index is -0.704. The predicted molar refractivity (Wildman–Crippen MR) is 124 cm³/mol. The molecule has 2 aromatic carbocycles. The Balaban J connectivity index is 1.18. The number of hydrogen-bond donors (Lipinski definition) is 2. The van der Waals surface area contributed by atoms with Crippen LogP contribution in [0.1, 0.15) is 5.56 Å². The summed E-state index contributed by atoms with van der Waals surface area (Å²) < 4.78 is 11.4. The monoisotopic (exact) mass is 443 g/mol. The van der Waals surface area contributed by atoms with Crippen molar-refractivity contribution in [3.8, 4) is 5.75 Å². The summed E-state index contributed by atoms with van der Waals surface area (Å²) in [7, 11) is 1.60. The van der Waals surface area contributed by atoms with Crippen LogP contribution in [0.4, 0.5) is 5.69 Å². The molecule has 3 unspecified atom stereocenters. The Bertz CT molecular complexity index is 1260. The summed E-state index contributed by atoms with van der Waals surface area (Å²) in [5.41, 5.74) is 2.24. The van der Waals surface area contributed by atoms with Crippen LogP contribution < -0.4 is 10.1 Å². The van der Waals surface area contributed by atoms with Gasteiger partial charge in [-0.25, -0.2) is 0 Å². The van der Waals surface area contributed by atoms with Crippen molar-refractivity contribution in [3.63, 3.8) is 0 Å². The zero-order valence-electron chi connectivity index (χ0n) is 18.3. The number of methoxy groups -OCH3 is 1. The van der Waals surface area contributed by atoms with Gasteiger partial charge in [-0.3, -0.25) is 9.59 Å². The Morgan fingerprint density at radius 3 is 2.88 bits per heavy atom. The van der Waals surface area contributed by atoms with Crippen molar-refractivity contribution >= 4 is 28.4 Å². The molecule has 2 N–H and O–H groups in total. The van der Waals surface area contributed by atoms with Crippen molar-refractivity contribution in [2.75, 3.05) is 25.5 Å². The van der Waals surface area contributed by atoms with E-state index in [1.54, 1.807) is 31.4 Å². The molecule has 4 heterocycles. The fraction of sp³-hybridized carbons (Fsp3) is 0.308. The van der Waals surface area contributed by atoms with Gasteiger partial charge in [-0.05, 0) is 42.3 Å². The third-order valence-electron chi connectivity index (χ3n) is 7.17. The number of nitrogens with zero attached hydrogens (tertiary/aromatic N) is 1. The highest BCUT2D eigenvalue weighted by molar-refractivity contribution is 5.99. The van der Waals surface area contributed by atoms with Gasteiger partial charge in [0.2, 0.25) is 11.8 Å². The number of para-hydroxylation sites is 1. The molecular weight excluding hydrogens is 418 g/mol. The molecule has 33 heavy (non-hydrogen) atoms. The molecule has 3 aliphatic rings. The topological polar surface area (TPSA) is 83.7 Å². The van der Waals surface area contributed by atoms with Gasteiger partial charge in [-0.2, -0.15) is 0 Å². The first-order valence-corrected chi connectivity index (χ1v) is 11.2. The van der Waals surface area contributed by atoms with E-state index in [0.717, 1.165) is 17.7 Å². The number of aromatic amines is 1. The third-order valence-corrected chi connectivity index (χ3v) is 7.17. The predicted octanol–water partition coefficient (Wildman–Crippen LogP) is 3.14. The molecule has 2 fully saturated rings. The molecule has 6 rings (SSSR count). The van der Waals surface area contributed by atoms with Crippen LogP contribution in [0.25, 0.3) is 10.9 Å². The van der Waals surface area contributed by atoms with Gasteiger partial charge in [0.15, 0.2) is 0 Å². The van der Waals surface area contributed by atoms with Gasteiger partial charge in [0.25, 0.3) is 0 Å². The number of benzene rings is 2. The molecule has 3 aromatic rings. The lowest BCUT2D eigenvalue weighted by Gasteiger charge is -2.23. The van der Waals surface area contributed by atoms with E-state index in [9.17, 15) is 9.59 Å². The molecule has 2 saturated heterocycles. The lowest BCUT2D eigenvalue weighted by atomic mass is 9.77. The fourth-order valence-corrected chi connectivity index (χ4v) is 5.56. The van der Waals surface area contributed by atoms with Gasteiger partial charge in [0.05, 0.1) is 31.6 Å². The average molecular weight is 444 g/mol. The van der Waals surface area contributed by atoms with Crippen LogP contribution >= 0.6 is 0 Å². The van der Waals surface area contributed by atoms with Gasteiger partial charge in [-0.15, -0.1) is 0 Å². The first-order valence-electron chi connectivity index (χ1n) is 11.2. The van der Waals surface area contributed by atoms with Crippen molar-refractivity contribution in [2.45, 2.75) is 18.1 Å². The van der Waals surface area contributed by atoms with Gasteiger partial charge in [-0.1, -0.05) is 30.4 Å². The Morgan fingerprint density at radius 2 is 2.06 bits per heavy atom. The SMILES string of the molecule is COc1ccc(NC(=O)C2C3C(=O)N(CCc4c[nH]c5ccccc45)CC34C=C[C@H]2O4)cc1. The van der Waals surface area contributed by atoms with Gasteiger partial charge < -0.3 is 24.7 Å². The molecule has 1 aromatic heterocycles. The normalized spacial score (nSPS) is 27.4. The molecule has 7 heteroatoms. The molecule has 168 valence electrons. The minimum absolute atomic E-state index is 0.00317. The van der Waals surface area contributed by atoms with Gasteiger partial charge in [0.1, 0.15) is 11.4 Å². The largest absolute Gasteiger partial charge is 0.497 e. The molecule has 0 aliphatic carbocycles. The van der Waals surface area contributed by atoms with Crippen LogP contribution in [0.5, 0.6) is 5.75 Å². The smallest absolute Gasteiger partial charge is 0.231 e. The summed E-state index contributed by atoms with van der Waals surface area (Å²) in [6, 6.07) is 15.3. The van der Waals surface area contributed by atoms with E-state index in [4.69, 9.17) is 9.47 Å². The van der Waals surface area contributed by atoms with Crippen molar-refractivity contribution < 1.29 is 19.1 Å². The lowest BCUT2D eigenvalue weighted by Crippen LogP contribution is -2.41. The lowest BCUT2D eigenvalue weighted by molar-refractivity contribution is -0.135. The summed E-state index contributed by atoms with van der Waals surface area (Å²) >= 11 is 0. The van der Waals surface area contributed by atoms with Crippen LogP contribution in [0, 0.1) is 11.8 Å². The maximum atomic E-state index is 13.5. The molecule has 3 aliphatic heterocycles. The van der Waals surface area contributed by atoms with Crippen LogP contribution in [0.2, 0.25) is 0 Å². The molecule has 1 spiro atoms. The Morgan fingerprint density at radius 1 is 1.24 bits per heavy atom. The van der Waals surface area contributed by atoms with E-state index < -0.39 is 17.4 Å². The van der Waals surface area contributed by atoms with Crippen molar-refractivity contribution in [1.82, 2.24) is 9.88 Å². The second-order valence-electron chi connectivity index (χ2n) is 8.99. The number of carbonyl (C=O) groups excluding carboxylic acids is 2. The third kappa shape index (κ3) is 3.15. The molecule has 7 nitrogen and oxygen atoms in total. The molecule has 0 saturated carbocycles. The highest BCUT2D eigenvalue weighted by Crippen LogP contribution is 2.52. The van der Waals surface area contributed by atoms with E-state index in [-0.39, 0.29) is 17.9 Å². The number of aromatic nitrogens is 1. The number of ether oxygens (including phenoxy) is 2. The first kappa shape index (κ1) is 20.1. The van der Waals surface area contributed by atoms with Crippen LogP contribution in [0.15, 0.2) is 66.9 Å². The summed E-state index contributed by atoms with van der Waals surface area (Å²) in [5.74, 6) is -0.504. The Labute approximate surface area is 191 Å². The van der Waals surface area contributed by atoms with E-state index in [0.29, 0.717) is 18.8 Å². The van der Waals surface area contributed by atoms with E-state index in [1.807, 2.05) is 41.4 Å². The Kier molecular flexibility index (Phi) is 4.55. The highest BCUT2D eigenvalue weighted by atomic mass is 16.5. The number of H-pyrrole nitrogens is 1. The second-order valence-corrected chi connectivity index (χ2v) is 8.99. The van der Waals surface area contributed by atoms with Gasteiger partial charge in [0, 0.05) is 29.3 Å². The number of hydrogen-bond acceptors (Lipinski definition) is 4. The summed E-state index contributed by atoms with van der Waals surface area (Å²) in [5, 5.41) is 4.13. The highest BCUT2D eigenvalue weighted by Gasteiger charge is 2.66. The Hall–Kier alpha value is -3.58. The molecule has 4 atom stereocenters. The van der Waals surface area contributed by atoms with Gasteiger partial charge >= 0.3 is 0 Å². The summed E-state index contributed by atoms with van der Waals surface area (Å²) in [4.78, 5) is 31.8. The van der Waals surface area contributed by atoms with E-state index in [2.05, 4.69) is 16.4 Å². The zero-order chi connectivity index (χ0) is 22.6. The minimum Gasteiger partial charge on any atom is -0.497 e. The number of anilines is 1. The number of nitrogens with one attached hydrogen (secondary N) is 2. The van der Waals surface area contributed by atoms with Crippen molar-refractivity contribution in [3.05, 3.63) is 72.4 Å². The van der Waals surface area contributed by atoms with E-state index >= 15 is 0 Å². The van der Waals surface area contributed by atoms with Crippen LogP contribution in [0.3, 0.4) is 0 Å². The standard InChI is InChI=1S/C26H25N3O4/c1-32-18-8-6-17(7-9-18)28-24(30)22-21-10-12-26(33-21)15-29(25(31)23(22)26)13-11-16-14-27-20-5-3-2-4-19(16)20/h2-10,12,14,21-23,27H,11,13,15H2,1H3,(H,28,30)/t21-,22?,23?,26?/m1/s1. The number of rotatable bonds is 6. The molecule has 2 bridgehead atoms. The number of amides is 2. The van der Waals surface area contributed by atoms with Crippen LogP contribution in [-0.2, 0) is 20.7 Å². The molecule has 2 amide bonds. The first-order chi connectivity index (χ1) is 16.1. The second kappa shape index (κ2) is 7.49. The summed E-state index contributed by atoms with van der Waals surface area (Å²) in [6.45, 7) is 1.08. The number of carbonyl (C=O) groups is 2. The van der Waals surface area contributed by atoms with E-state index in [1.165, 1.54) is 10.9 Å². The van der Waals surface area contributed by atoms with Crippen molar-refractivity contribution in [1.29, 1.82) is 0 Å². The number of fused-ring (bicyclic) bond motifs is 2. The fourth-order valence-electron chi connectivity index (χ4n) is 5.56. The van der Waals surface area contributed by atoms with Crippen molar-refractivity contribution in [2.24, 2.45) is 11.8 Å². The maximum absolute atomic E-state index is 13.5. The van der Waals surface area contributed by atoms with Crippen LogP contribution in [-0.4, -0.2) is 53.6 Å². The zero-order valence-corrected chi connectivity index (χ0v) is 18.3. The summed E-state index contributed by atoms with van der Waals surface area (Å²) in [6.07, 6.45) is 6.31. The number of likely N-dealkylation sites (tertiary alicyclic amines) is 1. The molecule has 0 radical (unpaired) electrons. The molecular formula is C26H25N3O4. The quantitative estimate of drug-likeness (QED) is 0.574.